The number of nitrogens with one attached hydrogen (secondary N) is 1. The topological polar surface area (TPSA) is 33.7 Å². The lowest BCUT2D eigenvalue weighted by Gasteiger charge is -2.48. The Balaban J connectivity index is 1.38. The molecule has 3 aliphatic rings. The van der Waals surface area contributed by atoms with E-state index in [1.165, 1.54) is 43.2 Å². The molecule has 0 atom stereocenters. The Morgan fingerprint density at radius 1 is 1.04 bits per heavy atom. The van der Waals surface area contributed by atoms with E-state index < -0.39 is 0 Å². The molecule has 2 aliphatic heterocycles. The number of ether oxygens (including phenoxy) is 2. The van der Waals surface area contributed by atoms with E-state index in [-0.39, 0.29) is 0 Å². The van der Waals surface area contributed by atoms with E-state index in [1.807, 2.05) is 0 Å². The Labute approximate surface area is 145 Å². The van der Waals surface area contributed by atoms with Crippen LogP contribution in [0.25, 0.3) is 0 Å². The van der Waals surface area contributed by atoms with Gasteiger partial charge in [-0.05, 0) is 30.0 Å². The van der Waals surface area contributed by atoms with Gasteiger partial charge in [-0.3, -0.25) is 4.90 Å². The number of fused-ring (bicyclic) bond motifs is 1. The average Bonchev–Trinajstić information content (AvgIpc) is 3.11. The largest absolute Gasteiger partial charge is 0.493 e. The summed E-state index contributed by atoms with van der Waals surface area (Å²) in [5.41, 5.74) is 3.10. The molecule has 0 aromatic heterocycles. The Hall–Kier alpha value is -1.10. The van der Waals surface area contributed by atoms with Gasteiger partial charge in [0, 0.05) is 38.1 Å². The second-order valence-corrected chi connectivity index (χ2v) is 7.53. The van der Waals surface area contributed by atoms with Crippen molar-refractivity contribution in [2.75, 3.05) is 39.5 Å². The summed E-state index contributed by atoms with van der Waals surface area (Å²) < 4.78 is 11.2. The molecule has 1 N–H and O–H groups in total. The summed E-state index contributed by atoms with van der Waals surface area (Å²) in [5, 5.41) is 3.78. The standard InChI is InChI=1S/C20H30N2O2/c1-2-7-20(8-3-1,22-9-12-23-13-10-22)16-21-15-17-4-5-19-18(14-17)6-11-24-19/h4-5,14,21H,1-3,6-13,15-16H2. The normalized spacial score (nSPS) is 23.7. The molecule has 4 nitrogen and oxygen atoms in total. The maximum absolute atomic E-state index is 5.61. The van der Waals surface area contributed by atoms with E-state index in [0.29, 0.717) is 5.54 Å². The molecule has 2 fully saturated rings. The SMILES string of the molecule is c1cc2c(cc1CNCC1(N3CCOCC3)CCCCC1)CCO2. The van der Waals surface area contributed by atoms with E-state index >= 15 is 0 Å². The third-order valence-corrected chi connectivity index (χ3v) is 6.00. The van der Waals surface area contributed by atoms with Gasteiger partial charge in [-0.2, -0.15) is 0 Å². The predicted octanol–water partition coefficient (Wildman–Crippen LogP) is 2.75. The van der Waals surface area contributed by atoms with Crippen LogP contribution in [0.3, 0.4) is 0 Å². The molecule has 0 unspecified atom stereocenters. The van der Waals surface area contributed by atoms with Gasteiger partial charge in [-0.25, -0.2) is 0 Å². The minimum absolute atomic E-state index is 0.349. The van der Waals surface area contributed by atoms with E-state index in [2.05, 4.69) is 28.4 Å². The van der Waals surface area contributed by atoms with E-state index in [4.69, 9.17) is 9.47 Å². The van der Waals surface area contributed by atoms with Gasteiger partial charge in [0.1, 0.15) is 5.75 Å². The van der Waals surface area contributed by atoms with Crippen LogP contribution >= 0.6 is 0 Å². The van der Waals surface area contributed by atoms with Gasteiger partial charge in [-0.1, -0.05) is 31.4 Å². The highest BCUT2D eigenvalue weighted by Crippen LogP contribution is 2.34. The van der Waals surface area contributed by atoms with Crippen LogP contribution in [0.2, 0.25) is 0 Å². The lowest BCUT2D eigenvalue weighted by Crippen LogP contribution is -2.59. The summed E-state index contributed by atoms with van der Waals surface area (Å²) in [6.45, 7) is 6.88. The molecule has 4 rings (SSSR count). The first-order chi connectivity index (χ1) is 11.9. The summed E-state index contributed by atoms with van der Waals surface area (Å²) in [4.78, 5) is 2.71. The van der Waals surface area contributed by atoms with Crippen LogP contribution in [0, 0.1) is 0 Å². The van der Waals surface area contributed by atoms with Crippen molar-refractivity contribution in [2.24, 2.45) is 0 Å². The molecule has 4 heteroatoms. The number of nitrogens with zero attached hydrogens (tertiary/aromatic N) is 1. The lowest BCUT2D eigenvalue weighted by atomic mass is 9.79. The number of morpholine rings is 1. The smallest absolute Gasteiger partial charge is 0.122 e. The maximum Gasteiger partial charge on any atom is 0.122 e. The van der Waals surface area contributed by atoms with Gasteiger partial charge in [0.25, 0.3) is 0 Å². The predicted molar refractivity (Wildman–Crippen MR) is 95.6 cm³/mol. The first-order valence-electron chi connectivity index (χ1n) is 9.64. The van der Waals surface area contributed by atoms with Gasteiger partial charge in [0.05, 0.1) is 19.8 Å². The summed E-state index contributed by atoms with van der Waals surface area (Å²) in [5.74, 6) is 1.08. The Morgan fingerprint density at radius 3 is 2.71 bits per heavy atom. The van der Waals surface area contributed by atoms with Gasteiger partial charge in [-0.15, -0.1) is 0 Å². The zero-order chi connectivity index (χ0) is 16.2. The maximum atomic E-state index is 5.61. The van der Waals surface area contributed by atoms with E-state index in [9.17, 15) is 0 Å². The molecule has 1 aliphatic carbocycles. The van der Waals surface area contributed by atoms with Gasteiger partial charge in [0.2, 0.25) is 0 Å². The molecule has 0 radical (unpaired) electrons. The molecule has 1 aromatic rings. The number of hydrogen-bond acceptors (Lipinski definition) is 4. The van der Waals surface area contributed by atoms with Crippen molar-refractivity contribution in [3.8, 4) is 5.75 Å². The van der Waals surface area contributed by atoms with Crippen molar-refractivity contribution >= 4 is 0 Å². The van der Waals surface area contributed by atoms with Crippen molar-refractivity contribution in [1.29, 1.82) is 0 Å². The van der Waals surface area contributed by atoms with Crippen molar-refractivity contribution in [3.05, 3.63) is 29.3 Å². The van der Waals surface area contributed by atoms with Crippen LogP contribution in [0.4, 0.5) is 0 Å². The molecule has 132 valence electrons. The van der Waals surface area contributed by atoms with Gasteiger partial charge < -0.3 is 14.8 Å². The lowest BCUT2D eigenvalue weighted by molar-refractivity contribution is -0.0369. The number of hydrogen-bond donors (Lipinski definition) is 1. The quantitative estimate of drug-likeness (QED) is 0.900. The van der Waals surface area contributed by atoms with Crippen LogP contribution in [-0.2, 0) is 17.7 Å². The third-order valence-electron chi connectivity index (χ3n) is 6.00. The van der Waals surface area contributed by atoms with Crippen LogP contribution < -0.4 is 10.1 Å². The second kappa shape index (κ2) is 7.42. The Bertz CT molecular complexity index is 549. The fourth-order valence-electron chi connectivity index (χ4n) is 4.64. The van der Waals surface area contributed by atoms with Crippen LogP contribution in [0.15, 0.2) is 18.2 Å². The van der Waals surface area contributed by atoms with Crippen molar-refractivity contribution in [2.45, 2.75) is 50.6 Å². The summed E-state index contributed by atoms with van der Waals surface area (Å²) in [6.07, 6.45) is 7.86. The second-order valence-electron chi connectivity index (χ2n) is 7.53. The monoisotopic (exact) mass is 330 g/mol. The third kappa shape index (κ3) is 3.46. The van der Waals surface area contributed by atoms with E-state index in [0.717, 1.165) is 58.2 Å². The van der Waals surface area contributed by atoms with Gasteiger partial charge >= 0.3 is 0 Å². The zero-order valence-corrected chi connectivity index (χ0v) is 14.7. The minimum Gasteiger partial charge on any atom is -0.493 e. The first kappa shape index (κ1) is 16.4. The van der Waals surface area contributed by atoms with Crippen molar-refractivity contribution in [3.63, 3.8) is 0 Å². The molecule has 0 spiro atoms. The molecule has 1 aromatic carbocycles. The molecule has 1 saturated carbocycles. The average molecular weight is 330 g/mol. The highest BCUT2D eigenvalue weighted by Gasteiger charge is 2.38. The van der Waals surface area contributed by atoms with E-state index in [1.54, 1.807) is 0 Å². The minimum atomic E-state index is 0.349. The van der Waals surface area contributed by atoms with Crippen LogP contribution in [0.1, 0.15) is 43.2 Å². The van der Waals surface area contributed by atoms with Crippen LogP contribution in [-0.4, -0.2) is 49.9 Å². The Kier molecular flexibility index (Phi) is 5.06. The summed E-state index contributed by atoms with van der Waals surface area (Å²) >= 11 is 0. The highest BCUT2D eigenvalue weighted by atomic mass is 16.5. The zero-order valence-electron chi connectivity index (χ0n) is 14.7. The summed E-state index contributed by atoms with van der Waals surface area (Å²) in [6, 6.07) is 6.66. The molecular formula is C20H30N2O2. The highest BCUT2D eigenvalue weighted by molar-refractivity contribution is 5.39. The van der Waals surface area contributed by atoms with Crippen LogP contribution in [0.5, 0.6) is 5.75 Å². The Morgan fingerprint density at radius 2 is 1.88 bits per heavy atom. The molecular weight excluding hydrogens is 300 g/mol. The fraction of sp³-hybridized carbons (Fsp3) is 0.700. The number of benzene rings is 1. The van der Waals surface area contributed by atoms with Crippen molar-refractivity contribution in [1.82, 2.24) is 10.2 Å². The van der Waals surface area contributed by atoms with Crippen molar-refractivity contribution < 1.29 is 9.47 Å². The fourth-order valence-corrected chi connectivity index (χ4v) is 4.64. The molecule has 1 saturated heterocycles. The molecule has 24 heavy (non-hydrogen) atoms. The summed E-state index contributed by atoms with van der Waals surface area (Å²) in [7, 11) is 0. The molecule has 2 heterocycles. The molecule has 0 amide bonds. The first-order valence-corrected chi connectivity index (χ1v) is 9.64. The molecule has 0 bridgehead atoms. The number of rotatable bonds is 5. The van der Waals surface area contributed by atoms with Gasteiger partial charge in [0.15, 0.2) is 0 Å².